The fourth-order valence-electron chi connectivity index (χ4n) is 3.92. The number of nitrogens with zero attached hydrogens (tertiary/aromatic N) is 4. The minimum atomic E-state index is -0.328. The van der Waals surface area contributed by atoms with Gasteiger partial charge in [-0.1, -0.05) is 12.1 Å². The molecule has 0 atom stereocenters. The second kappa shape index (κ2) is 9.30. The third-order valence-electron chi connectivity index (χ3n) is 5.61. The molecule has 0 aliphatic carbocycles. The van der Waals surface area contributed by atoms with Crippen molar-refractivity contribution in [3.8, 4) is 11.3 Å². The highest BCUT2D eigenvalue weighted by Gasteiger charge is 2.16. The molecule has 0 radical (unpaired) electrons. The highest BCUT2D eigenvalue weighted by molar-refractivity contribution is 5.90. The lowest BCUT2D eigenvalue weighted by Crippen LogP contribution is -2.36. The summed E-state index contributed by atoms with van der Waals surface area (Å²) < 4.78 is 12.5. The fraction of sp³-hybridized carbons (Fsp3) is 0.240. The molecular weight excluding hydrogens is 418 g/mol. The number of fused-ring (bicyclic) bond motifs is 1. The van der Waals surface area contributed by atoms with E-state index in [1.807, 2.05) is 22.7 Å². The molecule has 1 aliphatic rings. The summed E-state index contributed by atoms with van der Waals surface area (Å²) >= 11 is 0. The molecule has 5 rings (SSSR count). The van der Waals surface area contributed by atoms with E-state index in [4.69, 9.17) is 14.5 Å². The zero-order chi connectivity index (χ0) is 22.6. The smallest absolute Gasteiger partial charge is 0.338 e. The third-order valence-corrected chi connectivity index (χ3v) is 5.61. The molecule has 33 heavy (non-hydrogen) atoms. The van der Waals surface area contributed by atoms with Gasteiger partial charge in [0, 0.05) is 42.4 Å². The Morgan fingerprint density at radius 3 is 2.58 bits per heavy atom. The molecule has 1 N–H and O–H groups in total. The Labute approximate surface area is 191 Å². The van der Waals surface area contributed by atoms with Gasteiger partial charge in [0.15, 0.2) is 5.65 Å². The van der Waals surface area contributed by atoms with Crippen LogP contribution in [0.4, 0.5) is 17.2 Å². The van der Waals surface area contributed by atoms with Crippen LogP contribution < -0.4 is 10.2 Å². The van der Waals surface area contributed by atoms with Gasteiger partial charge in [-0.15, -0.1) is 0 Å². The van der Waals surface area contributed by atoms with Crippen molar-refractivity contribution in [1.29, 1.82) is 0 Å². The second-order valence-corrected chi connectivity index (χ2v) is 7.68. The number of esters is 1. The molecule has 4 aromatic rings. The van der Waals surface area contributed by atoms with Crippen molar-refractivity contribution in [3.63, 3.8) is 0 Å². The van der Waals surface area contributed by atoms with Gasteiger partial charge in [-0.25, -0.2) is 9.78 Å². The molecule has 0 saturated carbocycles. The summed E-state index contributed by atoms with van der Waals surface area (Å²) in [5.74, 6) is 0.501. The number of imidazole rings is 1. The number of hydrogen-bond donors (Lipinski definition) is 1. The summed E-state index contributed by atoms with van der Waals surface area (Å²) in [5, 5.41) is 3.46. The summed E-state index contributed by atoms with van der Waals surface area (Å²) in [7, 11) is 0. The maximum atomic E-state index is 12.0. The zero-order valence-corrected chi connectivity index (χ0v) is 18.4. The van der Waals surface area contributed by atoms with Crippen LogP contribution in [0, 0.1) is 0 Å². The first-order chi connectivity index (χ1) is 16.2. The van der Waals surface area contributed by atoms with E-state index in [1.165, 1.54) is 5.69 Å². The van der Waals surface area contributed by atoms with Crippen LogP contribution in [0.5, 0.6) is 0 Å². The van der Waals surface area contributed by atoms with Crippen LogP contribution in [-0.2, 0) is 9.47 Å². The second-order valence-electron chi connectivity index (χ2n) is 7.68. The molecular formula is C25H25N5O3. The first kappa shape index (κ1) is 21.0. The average Bonchev–Trinajstić information content (AvgIpc) is 3.23. The highest BCUT2D eigenvalue weighted by atomic mass is 16.5. The predicted octanol–water partition coefficient (Wildman–Crippen LogP) is 4.15. The number of hydrogen-bond acceptors (Lipinski definition) is 7. The molecule has 0 unspecified atom stereocenters. The van der Waals surface area contributed by atoms with Crippen LogP contribution in [-0.4, -0.2) is 53.2 Å². The summed E-state index contributed by atoms with van der Waals surface area (Å²) in [6.45, 7) is 5.45. The van der Waals surface area contributed by atoms with Gasteiger partial charge in [-0.2, -0.15) is 0 Å². The number of ether oxygens (including phenoxy) is 2. The van der Waals surface area contributed by atoms with Gasteiger partial charge in [-0.05, 0) is 43.3 Å². The number of aromatic nitrogens is 3. The Kier molecular flexibility index (Phi) is 5.91. The normalized spacial score (nSPS) is 13.8. The van der Waals surface area contributed by atoms with Crippen molar-refractivity contribution in [2.45, 2.75) is 6.92 Å². The lowest BCUT2D eigenvalue weighted by atomic mass is 10.1. The highest BCUT2D eigenvalue weighted by Crippen LogP contribution is 2.32. The van der Waals surface area contributed by atoms with Crippen molar-refractivity contribution < 1.29 is 14.3 Å². The third kappa shape index (κ3) is 4.38. The molecule has 1 fully saturated rings. The Morgan fingerprint density at radius 2 is 1.85 bits per heavy atom. The van der Waals surface area contributed by atoms with E-state index in [0.717, 1.165) is 54.7 Å². The number of rotatable bonds is 6. The largest absolute Gasteiger partial charge is 0.462 e. The quantitative estimate of drug-likeness (QED) is 0.448. The molecule has 2 aromatic heterocycles. The number of morpholine rings is 1. The average molecular weight is 444 g/mol. The van der Waals surface area contributed by atoms with Gasteiger partial charge in [0.05, 0.1) is 31.6 Å². The first-order valence-electron chi connectivity index (χ1n) is 11.0. The van der Waals surface area contributed by atoms with Gasteiger partial charge in [0.2, 0.25) is 0 Å². The van der Waals surface area contributed by atoms with Crippen LogP contribution in [0.3, 0.4) is 0 Å². The molecule has 1 aliphatic heterocycles. The lowest BCUT2D eigenvalue weighted by molar-refractivity contribution is 0.0526. The van der Waals surface area contributed by atoms with Gasteiger partial charge >= 0.3 is 5.97 Å². The maximum absolute atomic E-state index is 12.0. The van der Waals surface area contributed by atoms with Crippen molar-refractivity contribution in [1.82, 2.24) is 14.4 Å². The van der Waals surface area contributed by atoms with Crippen LogP contribution >= 0.6 is 0 Å². The van der Waals surface area contributed by atoms with Gasteiger partial charge in [0.1, 0.15) is 11.5 Å². The monoisotopic (exact) mass is 443 g/mol. The number of benzene rings is 2. The molecule has 2 aromatic carbocycles. The van der Waals surface area contributed by atoms with E-state index in [2.05, 4.69) is 39.5 Å². The summed E-state index contributed by atoms with van der Waals surface area (Å²) in [6.07, 6.45) is 5.35. The molecule has 0 amide bonds. The van der Waals surface area contributed by atoms with Crippen LogP contribution in [0.25, 0.3) is 16.9 Å². The number of anilines is 3. The van der Waals surface area contributed by atoms with E-state index in [-0.39, 0.29) is 5.97 Å². The minimum Gasteiger partial charge on any atom is -0.462 e. The summed E-state index contributed by atoms with van der Waals surface area (Å²) in [4.78, 5) is 23.3. The molecule has 1 saturated heterocycles. The van der Waals surface area contributed by atoms with Gasteiger partial charge < -0.3 is 19.7 Å². The standard InChI is InChI=1S/C25H25N5O3/c1-2-33-25(31)19-3-7-20(8-4-19)27-24-23(28-22-17-26-11-12-30(22)24)18-5-9-21(10-6-18)29-13-15-32-16-14-29/h3-12,17,27H,2,13-16H2,1H3. The first-order valence-corrected chi connectivity index (χ1v) is 11.0. The van der Waals surface area contributed by atoms with E-state index in [9.17, 15) is 4.79 Å². The number of nitrogens with one attached hydrogen (secondary N) is 1. The van der Waals surface area contributed by atoms with E-state index < -0.39 is 0 Å². The van der Waals surface area contributed by atoms with Crippen LogP contribution in [0.15, 0.2) is 67.1 Å². The topological polar surface area (TPSA) is 81.0 Å². The zero-order valence-electron chi connectivity index (χ0n) is 18.4. The molecule has 3 heterocycles. The fourth-order valence-corrected chi connectivity index (χ4v) is 3.92. The van der Waals surface area contributed by atoms with Crippen molar-refractivity contribution in [2.75, 3.05) is 43.1 Å². The predicted molar refractivity (Wildman–Crippen MR) is 127 cm³/mol. The Bertz CT molecular complexity index is 1250. The summed E-state index contributed by atoms with van der Waals surface area (Å²) in [5.41, 5.74) is 5.11. The SMILES string of the molecule is CCOC(=O)c1ccc(Nc2c(-c3ccc(N4CCOCC4)cc3)nc3cnccn23)cc1. The van der Waals surface area contributed by atoms with E-state index in [0.29, 0.717) is 12.2 Å². The maximum Gasteiger partial charge on any atom is 0.338 e. The van der Waals surface area contributed by atoms with E-state index >= 15 is 0 Å². The molecule has 0 bridgehead atoms. The van der Waals surface area contributed by atoms with Crippen LogP contribution in [0.1, 0.15) is 17.3 Å². The minimum absolute atomic E-state index is 0.328. The molecule has 168 valence electrons. The molecule has 8 heteroatoms. The van der Waals surface area contributed by atoms with Crippen LogP contribution in [0.2, 0.25) is 0 Å². The summed E-state index contributed by atoms with van der Waals surface area (Å²) in [6, 6.07) is 15.7. The van der Waals surface area contributed by atoms with Gasteiger partial charge in [-0.3, -0.25) is 9.38 Å². The van der Waals surface area contributed by atoms with Crippen molar-refractivity contribution >= 4 is 28.8 Å². The van der Waals surface area contributed by atoms with Crippen molar-refractivity contribution in [2.24, 2.45) is 0 Å². The molecule has 0 spiro atoms. The Hall–Kier alpha value is -3.91. The number of carbonyl (C=O) groups is 1. The Morgan fingerprint density at radius 1 is 1.09 bits per heavy atom. The van der Waals surface area contributed by atoms with Gasteiger partial charge in [0.25, 0.3) is 0 Å². The molecule has 8 nitrogen and oxygen atoms in total. The van der Waals surface area contributed by atoms with E-state index in [1.54, 1.807) is 31.5 Å². The van der Waals surface area contributed by atoms with Crippen molar-refractivity contribution in [3.05, 3.63) is 72.7 Å². The lowest BCUT2D eigenvalue weighted by Gasteiger charge is -2.28. The Balaban J connectivity index is 1.46. The number of carbonyl (C=O) groups excluding carboxylic acids is 1.